The SMILES string of the molecule is CCNC(=NCc1cccc(C)c1)NCc1ccc(CS(=O)(=O)NC)cc1.I. The highest BCUT2D eigenvalue weighted by molar-refractivity contribution is 14.0. The summed E-state index contributed by atoms with van der Waals surface area (Å²) in [6.45, 7) is 6.10. The fraction of sp³-hybridized carbons (Fsp3) is 0.350. The second-order valence-electron chi connectivity index (χ2n) is 6.32. The second kappa shape index (κ2) is 12.0. The topological polar surface area (TPSA) is 82.6 Å². The Morgan fingerprint density at radius 2 is 1.68 bits per heavy atom. The fourth-order valence-corrected chi connectivity index (χ4v) is 3.33. The third kappa shape index (κ3) is 8.57. The van der Waals surface area contributed by atoms with E-state index in [4.69, 9.17) is 0 Å². The summed E-state index contributed by atoms with van der Waals surface area (Å²) in [5.74, 6) is 0.735. The van der Waals surface area contributed by atoms with Gasteiger partial charge in [0.1, 0.15) is 0 Å². The van der Waals surface area contributed by atoms with E-state index in [1.807, 2.05) is 37.3 Å². The van der Waals surface area contributed by atoms with E-state index < -0.39 is 10.0 Å². The van der Waals surface area contributed by atoms with Crippen molar-refractivity contribution in [1.82, 2.24) is 15.4 Å². The van der Waals surface area contributed by atoms with E-state index in [0.717, 1.165) is 23.6 Å². The number of halogens is 1. The highest BCUT2D eigenvalue weighted by Crippen LogP contribution is 2.08. The van der Waals surface area contributed by atoms with E-state index in [0.29, 0.717) is 13.1 Å². The Kier molecular flexibility index (Phi) is 10.5. The van der Waals surface area contributed by atoms with Crippen molar-refractivity contribution in [1.29, 1.82) is 0 Å². The van der Waals surface area contributed by atoms with Gasteiger partial charge in [-0.25, -0.2) is 18.1 Å². The summed E-state index contributed by atoms with van der Waals surface area (Å²) < 4.78 is 25.5. The van der Waals surface area contributed by atoms with Crippen molar-refractivity contribution in [2.75, 3.05) is 13.6 Å². The average molecular weight is 516 g/mol. The molecule has 28 heavy (non-hydrogen) atoms. The molecule has 0 aliphatic carbocycles. The van der Waals surface area contributed by atoms with Crippen LogP contribution < -0.4 is 15.4 Å². The van der Waals surface area contributed by atoms with Crippen molar-refractivity contribution >= 4 is 40.0 Å². The largest absolute Gasteiger partial charge is 0.357 e. The minimum Gasteiger partial charge on any atom is -0.357 e. The molecule has 0 radical (unpaired) electrons. The van der Waals surface area contributed by atoms with Crippen LogP contribution in [0.25, 0.3) is 0 Å². The lowest BCUT2D eigenvalue weighted by Crippen LogP contribution is -2.36. The van der Waals surface area contributed by atoms with Crippen LogP contribution in [0.1, 0.15) is 29.2 Å². The molecule has 0 aliphatic heterocycles. The molecule has 2 rings (SSSR count). The zero-order valence-electron chi connectivity index (χ0n) is 16.5. The maximum Gasteiger partial charge on any atom is 0.215 e. The molecule has 2 aromatic rings. The Morgan fingerprint density at radius 3 is 2.29 bits per heavy atom. The van der Waals surface area contributed by atoms with E-state index in [1.54, 1.807) is 0 Å². The minimum absolute atomic E-state index is 0. The molecule has 0 unspecified atom stereocenters. The van der Waals surface area contributed by atoms with Crippen molar-refractivity contribution in [2.24, 2.45) is 4.99 Å². The predicted octanol–water partition coefficient (Wildman–Crippen LogP) is 2.92. The van der Waals surface area contributed by atoms with Gasteiger partial charge in [-0.3, -0.25) is 0 Å². The summed E-state index contributed by atoms with van der Waals surface area (Å²) in [5, 5.41) is 6.55. The molecular weight excluding hydrogens is 487 g/mol. The smallest absolute Gasteiger partial charge is 0.215 e. The molecule has 2 aromatic carbocycles. The molecule has 154 valence electrons. The fourth-order valence-electron chi connectivity index (χ4n) is 2.55. The minimum atomic E-state index is -3.25. The van der Waals surface area contributed by atoms with E-state index in [1.165, 1.54) is 18.2 Å². The van der Waals surface area contributed by atoms with Gasteiger partial charge in [0.25, 0.3) is 0 Å². The van der Waals surface area contributed by atoms with E-state index in [9.17, 15) is 8.42 Å². The quantitative estimate of drug-likeness (QED) is 0.286. The van der Waals surface area contributed by atoms with E-state index >= 15 is 0 Å². The first kappa shape index (κ1) is 24.4. The molecule has 0 amide bonds. The normalized spacial score (nSPS) is 11.6. The number of nitrogens with one attached hydrogen (secondary N) is 3. The maximum absolute atomic E-state index is 11.6. The molecule has 8 heteroatoms. The Morgan fingerprint density at radius 1 is 1.00 bits per heavy atom. The molecule has 0 saturated heterocycles. The number of nitrogens with zero attached hydrogens (tertiary/aromatic N) is 1. The number of guanidine groups is 1. The maximum atomic E-state index is 11.6. The van der Waals surface area contributed by atoms with Crippen LogP contribution in [0.2, 0.25) is 0 Å². The molecule has 6 nitrogen and oxygen atoms in total. The van der Waals surface area contributed by atoms with Gasteiger partial charge in [-0.2, -0.15) is 0 Å². The van der Waals surface area contributed by atoms with E-state index in [-0.39, 0.29) is 29.7 Å². The molecule has 0 aromatic heterocycles. The van der Waals surface area contributed by atoms with Gasteiger partial charge in [-0.1, -0.05) is 54.1 Å². The number of hydrogen-bond acceptors (Lipinski definition) is 3. The van der Waals surface area contributed by atoms with Crippen LogP contribution in [-0.2, 0) is 28.9 Å². The van der Waals surface area contributed by atoms with Gasteiger partial charge < -0.3 is 10.6 Å². The van der Waals surface area contributed by atoms with Gasteiger partial charge in [-0.15, -0.1) is 24.0 Å². The molecule has 0 aliphatic rings. The first-order chi connectivity index (χ1) is 12.9. The number of aliphatic imine (C=N–C) groups is 1. The van der Waals surface area contributed by atoms with Gasteiger partial charge >= 0.3 is 0 Å². The summed E-state index contributed by atoms with van der Waals surface area (Å²) in [4.78, 5) is 4.62. The molecule has 0 fully saturated rings. The van der Waals surface area contributed by atoms with Crippen molar-refractivity contribution in [3.05, 3.63) is 70.8 Å². The van der Waals surface area contributed by atoms with Crippen LogP contribution in [0.3, 0.4) is 0 Å². The molecule has 0 saturated carbocycles. The Labute approximate surface area is 185 Å². The van der Waals surface area contributed by atoms with Gasteiger partial charge in [0.15, 0.2) is 5.96 Å². The van der Waals surface area contributed by atoms with Crippen LogP contribution in [0, 0.1) is 6.92 Å². The molecule has 0 atom stereocenters. The summed E-state index contributed by atoms with van der Waals surface area (Å²) in [6.07, 6.45) is 0. The van der Waals surface area contributed by atoms with Gasteiger partial charge in [0.2, 0.25) is 10.0 Å². The lowest BCUT2D eigenvalue weighted by Gasteiger charge is -2.12. The molecule has 0 spiro atoms. The predicted molar refractivity (Wildman–Crippen MR) is 126 cm³/mol. The van der Waals surface area contributed by atoms with Crippen LogP contribution in [-0.4, -0.2) is 28.0 Å². The number of benzene rings is 2. The van der Waals surface area contributed by atoms with Gasteiger partial charge in [0.05, 0.1) is 12.3 Å². The molecular formula is C20H29IN4O2S. The van der Waals surface area contributed by atoms with Crippen molar-refractivity contribution < 1.29 is 8.42 Å². The number of aryl methyl sites for hydroxylation is 1. The zero-order chi connectivity index (χ0) is 19.7. The third-order valence-corrected chi connectivity index (χ3v) is 5.33. The average Bonchev–Trinajstić information content (AvgIpc) is 2.65. The van der Waals surface area contributed by atoms with Crippen molar-refractivity contribution in [3.63, 3.8) is 0 Å². The Balaban J connectivity index is 0.00000392. The monoisotopic (exact) mass is 516 g/mol. The van der Waals surface area contributed by atoms with Gasteiger partial charge in [-0.05, 0) is 37.6 Å². The van der Waals surface area contributed by atoms with Crippen molar-refractivity contribution in [3.8, 4) is 0 Å². The van der Waals surface area contributed by atoms with Crippen molar-refractivity contribution in [2.45, 2.75) is 32.7 Å². The molecule has 0 bridgehead atoms. The Hall–Kier alpha value is -1.65. The summed E-state index contributed by atoms with van der Waals surface area (Å²) in [6, 6.07) is 15.8. The lowest BCUT2D eigenvalue weighted by molar-refractivity contribution is 0.587. The standard InChI is InChI=1S/C20H28N4O2S.HI/c1-4-22-20(24-14-19-7-5-6-16(2)12-19)23-13-17-8-10-18(11-9-17)15-27(25,26)21-3;/h5-12,21H,4,13-15H2,1-3H3,(H2,22,23,24);1H. The van der Waals surface area contributed by atoms with Crippen LogP contribution >= 0.6 is 24.0 Å². The van der Waals surface area contributed by atoms with Crippen LogP contribution in [0.4, 0.5) is 0 Å². The first-order valence-corrected chi connectivity index (χ1v) is 10.6. The zero-order valence-corrected chi connectivity index (χ0v) is 19.7. The number of sulfonamides is 1. The summed E-state index contributed by atoms with van der Waals surface area (Å²) >= 11 is 0. The number of rotatable bonds is 8. The lowest BCUT2D eigenvalue weighted by atomic mass is 10.1. The highest BCUT2D eigenvalue weighted by Gasteiger charge is 2.08. The van der Waals surface area contributed by atoms with Crippen LogP contribution in [0.5, 0.6) is 0 Å². The first-order valence-electron chi connectivity index (χ1n) is 8.98. The highest BCUT2D eigenvalue weighted by atomic mass is 127. The Bertz CT molecular complexity index is 868. The second-order valence-corrected chi connectivity index (χ2v) is 8.24. The van der Waals surface area contributed by atoms with Crippen LogP contribution in [0.15, 0.2) is 53.5 Å². The molecule has 0 heterocycles. The van der Waals surface area contributed by atoms with E-state index in [2.05, 4.69) is 45.5 Å². The summed E-state index contributed by atoms with van der Waals surface area (Å²) in [7, 11) is -1.83. The third-order valence-electron chi connectivity index (χ3n) is 4.00. The van der Waals surface area contributed by atoms with Gasteiger partial charge in [0, 0.05) is 13.1 Å². The summed E-state index contributed by atoms with van der Waals surface area (Å²) in [5.41, 5.74) is 4.21. The molecule has 3 N–H and O–H groups in total. The number of hydrogen-bond donors (Lipinski definition) is 3.